The van der Waals surface area contributed by atoms with Gasteiger partial charge >= 0.3 is 0 Å². The Morgan fingerprint density at radius 1 is 0.895 bits per heavy atom. The maximum absolute atomic E-state index is 12.6. The molecule has 1 atom stereocenters. The summed E-state index contributed by atoms with van der Waals surface area (Å²) in [6.07, 6.45) is 3.03. The molecule has 0 saturated carbocycles. The molecule has 2 aliphatic heterocycles. The van der Waals surface area contributed by atoms with Crippen LogP contribution in [0.15, 0.2) is 0 Å². The number of hydrogen-bond donors (Lipinski definition) is 0. The fourth-order valence-electron chi connectivity index (χ4n) is 2.95. The van der Waals surface area contributed by atoms with E-state index in [9.17, 15) is 4.39 Å². The van der Waals surface area contributed by atoms with E-state index in [4.69, 9.17) is 0 Å². The highest BCUT2D eigenvalue weighted by Gasteiger charge is 2.21. The molecule has 114 valence electrons. The van der Waals surface area contributed by atoms with Gasteiger partial charge in [-0.2, -0.15) is 0 Å². The number of nitrogens with zero attached hydrogens (tertiary/aromatic N) is 2. The third-order valence-electron chi connectivity index (χ3n) is 3.66. The lowest BCUT2D eigenvalue weighted by molar-refractivity contribution is 0.264. The van der Waals surface area contributed by atoms with Crippen molar-refractivity contribution >= 4 is 0 Å². The number of hydrogen-bond acceptors (Lipinski definition) is 2. The summed E-state index contributed by atoms with van der Waals surface area (Å²) in [7, 11) is 0. The van der Waals surface area contributed by atoms with Crippen molar-refractivity contribution < 1.29 is 4.39 Å². The molecule has 0 aliphatic carbocycles. The maximum atomic E-state index is 12.6. The topological polar surface area (TPSA) is 6.48 Å². The van der Waals surface area contributed by atoms with Crippen LogP contribution in [-0.2, 0) is 0 Å². The maximum Gasteiger partial charge on any atom is 0.114 e. The Balaban J connectivity index is 0.000000191. The summed E-state index contributed by atoms with van der Waals surface area (Å²) in [6, 6.07) is 0. The quantitative estimate of drug-likeness (QED) is 0.773. The molecule has 0 aromatic rings. The molecule has 2 aliphatic rings. The highest BCUT2D eigenvalue weighted by molar-refractivity contribution is 4.75. The predicted molar refractivity (Wildman–Crippen MR) is 81.3 cm³/mol. The van der Waals surface area contributed by atoms with Gasteiger partial charge in [0.25, 0.3) is 0 Å². The zero-order chi connectivity index (χ0) is 14.3. The first-order valence-electron chi connectivity index (χ1n) is 8.06. The fraction of sp³-hybridized carbons (Fsp3) is 1.00. The van der Waals surface area contributed by atoms with Crippen molar-refractivity contribution in [2.24, 2.45) is 11.8 Å². The lowest BCUT2D eigenvalue weighted by Gasteiger charge is -2.16. The molecule has 0 spiro atoms. The van der Waals surface area contributed by atoms with Gasteiger partial charge in [-0.3, -0.25) is 0 Å². The SMILES string of the molecule is CC(C)CN1CCC(F)C1.CC(C)CN1CCCC1. The van der Waals surface area contributed by atoms with Crippen molar-refractivity contribution in [1.29, 1.82) is 0 Å². The summed E-state index contributed by atoms with van der Waals surface area (Å²) in [6.45, 7) is 15.6. The van der Waals surface area contributed by atoms with E-state index in [1.54, 1.807) is 0 Å². The van der Waals surface area contributed by atoms with Crippen LogP contribution in [0.4, 0.5) is 4.39 Å². The molecule has 0 aromatic carbocycles. The second-order valence-corrected chi connectivity index (χ2v) is 6.94. The van der Waals surface area contributed by atoms with E-state index in [1.807, 2.05) is 0 Å². The molecule has 0 N–H and O–H groups in total. The van der Waals surface area contributed by atoms with E-state index >= 15 is 0 Å². The zero-order valence-electron chi connectivity index (χ0n) is 13.4. The summed E-state index contributed by atoms with van der Waals surface area (Å²) in [5.74, 6) is 1.52. The van der Waals surface area contributed by atoms with Crippen LogP contribution in [0.1, 0.15) is 47.0 Å². The molecule has 2 nitrogen and oxygen atoms in total. The Morgan fingerprint density at radius 2 is 1.42 bits per heavy atom. The first-order valence-corrected chi connectivity index (χ1v) is 8.06. The van der Waals surface area contributed by atoms with Crippen molar-refractivity contribution in [3.05, 3.63) is 0 Å². The largest absolute Gasteiger partial charge is 0.303 e. The highest BCUT2D eigenvalue weighted by Crippen LogP contribution is 2.13. The molecule has 2 saturated heterocycles. The highest BCUT2D eigenvalue weighted by atomic mass is 19.1. The van der Waals surface area contributed by atoms with Crippen molar-refractivity contribution in [3.63, 3.8) is 0 Å². The van der Waals surface area contributed by atoms with Gasteiger partial charge in [0.1, 0.15) is 6.17 Å². The minimum atomic E-state index is -0.557. The summed E-state index contributed by atoms with van der Waals surface area (Å²) >= 11 is 0. The van der Waals surface area contributed by atoms with Crippen LogP contribution in [0.2, 0.25) is 0 Å². The lowest BCUT2D eigenvalue weighted by Crippen LogP contribution is -2.25. The van der Waals surface area contributed by atoms with Gasteiger partial charge in [-0.1, -0.05) is 27.7 Å². The molecule has 3 heteroatoms. The molecular weight excluding hydrogens is 239 g/mol. The molecule has 0 aromatic heterocycles. The lowest BCUT2D eigenvalue weighted by atomic mass is 10.2. The van der Waals surface area contributed by atoms with Crippen LogP contribution in [0, 0.1) is 11.8 Å². The van der Waals surface area contributed by atoms with Crippen LogP contribution < -0.4 is 0 Å². The Morgan fingerprint density at radius 3 is 1.84 bits per heavy atom. The van der Waals surface area contributed by atoms with Crippen molar-refractivity contribution in [2.75, 3.05) is 39.3 Å². The van der Waals surface area contributed by atoms with Gasteiger partial charge in [-0.15, -0.1) is 0 Å². The smallest absolute Gasteiger partial charge is 0.114 e. The van der Waals surface area contributed by atoms with Crippen molar-refractivity contribution in [2.45, 2.75) is 53.1 Å². The van der Waals surface area contributed by atoms with Gasteiger partial charge in [-0.05, 0) is 44.2 Å². The van der Waals surface area contributed by atoms with Gasteiger partial charge in [0.2, 0.25) is 0 Å². The van der Waals surface area contributed by atoms with E-state index in [0.29, 0.717) is 12.5 Å². The monoisotopic (exact) mass is 272 g/mol. The van der Waals surface area contributed by atoms with Crippen LogP contribution in [-0.4, -0.2) is 55.2 Å². The number of likely N-dealkylation sites (tertiary alicyclic amines) is 2. The third kappa shape index (κ3) is 7.88. The van der Waals surface area contributed by atoms with E-state index in [2.05, 4.69) is 37.5 Å². The zero-order valence-corrected chi connectivity index (χ0v) is 13.4. The van der Waals surface area contributed by atoms with Crippen molar-refractivity contribution in [1.82, 2.24) is 9.80 Å². The van der Waals surface area contributed by atoms with Crippen LogP contribution in [0.25, 0.3) is 0 Å². The minimum absolute atomic E-state index is 0.557. The molecule has 0 radical (unpaired) electrons. The third-order valence-corrected chi connectivity index (χ3v) is 3.66. The molecule has 2 fully saturated rings. The summed E-state index contributed by atoms with van der Waals surface area (Å²) in [5, 5.41) is 0. The predicted octanol–water partition coefficient (Wildman–Crippen LogP) is 3.42. The standard InChI is InChI=1S/C8H16FN.C8H17N/c1-7(2)5-10-4-3-8(9)6-10;1-8(2)7-9-5-3-4-6-9/h7-8H,3-6H2,1-2H3;8H,3-7H2,1-2H3. The van der Waals surface area contributed by atoms with E-state index in [0.717, 1.165) is 25.4 Å². The Hall–Kier alpha value is -0.150. The van der Waals surface area contributed by atoms with E-state index in [1.165, 1.54) is 32.5 Å². The molecule has 1 unspecified atom stereocenters. The number of halogens is 1. The molecule has 2 heterocycles. The summed E-state index contributed by atoms with van der Waals surface area (Å²) in [4.78, 5) is 4.76. The summed E-state index contributed by atoms with van der Waals surface area (Å²) < 4.78 is 12.6. The molecular formula is C16H33FN2. The Kier molecular flexibility index (Phi) is 7.93. The Bertz CT molecular complexity index is 225. The van der Waals surface area contributed by atoms with Gasteiger partial charge in [-0.25, -0.2) is 4.39 Å². The number of rotatable bonds is 4. The first-order chi connectivity index (χ1) is 8.97. The second kappa shape index (κ2) is 8.91. The van der Waals surface area contributed by atoms with Gasteiger partial charge < -0.3 is 9.80 Å². The van der Waals surface area contributed by atoms with Gasteiger partial charge in [0, 0.05) is 26.2 Å². The first kappa shape index (κ1) is 16.9. The average Bonchev–Trinajstić information content (AvgIpc) is 2.90. The van der Waals surface area contributed by atoms with Crippen LogP contribution >= 0.6 is 0 Å². The normalized spacial score (nSPS) is 25.1. The second-order valence-electron chi connectivity index (χ2n) is 6.94. The Labute approximate surface area is 119 Å². The van der Waals surface area contributed by atoms with Crippen molar-refractivity contribution in [3.8, 4) is 0 Å². The fourth-order valence-corrected chi connectivity index (χ4v) is 2.95. The molecule has 2 rings (SSSR count). The molecule has 0 bridgehead atoms. The molecule has 19 heavy (non-hydrogen) atoms. The average molecular weight is 272 g/mol. The van der Waals surface area contributed by atoms with Crippen LogP contribution in [0.5, 0.6) is 0 Å². The molecule has 0 amide bonds. The van der Waals surface area contributed by atoms with Crippen LogP contribution in [0.3, 0.4) is 0 Å². The van der Waals surface area contributed by atoms with E-state index in [-0.39, 0.29) is 0 Å². The number of alkyl halides is 1. The van der Waals surface area contributed by atoms with E-state index < -0.39 is 6.17 Å². The van der Waals surface area contributed by atoms with Gasteiger partial charge in [0.05, 0.1) is 0 Å². The van der Waals surface area contributed by atoms with Gasteiger partial charge in [0.15, 0.2) is 0 Å². The minimum Gasteiger partial charge on any atom is -0.303 e. The summed E-state index contributed by atoms with van der Waals surface area (Å²) in [5.41, 5.74) is 0.